The molecule has 1 atom stereocenters. The van der Waals surface area contributed by atoms with Crippen molar-refractivity contribution in [1.29, 1.82) is 0 Å². The molecule has 3 aromatic rings. The third-order valence-corrected chi connectivity index (χ3v) is 5.56. The Labute approximate surface area is 174 Å². The van der Waals surface area contributed by atoms with Crippen molar-refractivity contribution < 1.29 is 9.53 Å². The molecule has 3 heterocycles. The van der Waals surface area contributed by atoms with Gasteiger partial charge in [0.2, 0.25) is 0 Å². The fourth-order valence-electron chi connectivity index (χ4n) is 3.42. The van der Waals surface area contributed by atoms with Gasteiger partial charge in [-0.1, -0.05) is 0 Å². The van der Waals surface area contributed by atoms with E-state index >= 15 is 0 Å². The molecular formula is C22H22N4O2S. The van der Waals surface area contributed by atoms with E-state index in [1.54, 1.807) is 24.5 Å². The summed E-state index contributed by atoms with van der Waals surface area (Å²) in [5.74, 6) is 0.728. The van der Waals surface area contributed by atoms with Crippen molar-refractivity contribution in [2.75, 3.05) is 12.8 Å². The van der Waals surface area contributed by atoms with E-state index in [2.05, 4.69) is 26.3 Å². The predicted molar refractivity (Wildman–Crippen MR) is 113 cm³/mol. The van der Waals surface area contributed by atoms with Gasteiger partial charge in [0.05, 0.1) is 29.2 Å². The molecular weight excluding hydrogens is 384 g/mol. The molecule has 0 radical (unpaired) electrons. The minimum atomic E-state index is -0.131. The monoisotopic (exact) mass is 406 g/mol. The zero-order valence-corrected chi connectivity index (χ0v) is 17.4. The van der Waals surface area contributed by atoms with Gasteiger partial charge < -0.3 is 10.1 Å². The summed E-state index contributed by atoms with van der Waals surface area (Å²) in [6.45, 7) is 4.34. The largest absolute Gasteiger partial charge is 0.488 e. The van der Waals surface area contributed by atoms with Crippen LogP contribution in [-0.2, 0) is 6.42 Å². The lowest BCUT2D eigenvalue weighted by Gasteiger charge is -2.12. The van der Waals surface area contributed by atoms with E-state index in [4.69, 9.17) is 4.74 Å². The standard InChI is InChI=1S/C22H22N4O2S/c1-13-11-24-14(2)20(26-13)15-6-7-19-16(9-15)10-17(28-19)12-25-21(27)18-5-4-8-23-22(18)29-3/h4-9,11,17H,10,12H2,1-3H3,(H,25,27). The van der Waals surface area contributed by atoms with Crippen LogP contribution in [0.1, 0.15) is 27.3 Å². The summed E-state index contributed by atoms with van der Waals surface area (Å²) in [6.07, 6.45) is 6.02. The second-order valence-electron chi connectivity index (χ2n) is 6.98. The van der Waals surface area contributed by atoms with Gasteiger partial charge in [0.15, 0.2) is 0 Å². The quantitative estimate of drug-likeness (QED) is 0.652. The summed E-state index contributed by atoms with van der Waals surface area (Å²) in [7, 11) is 0. The third-order valence-electron chi connectivity index (χ3n) is 4.85. The number of carbonyl (C=O) groups excluding carboxylic acids is 1. The summed E-state index contributed by atoms with van der Waals surface area (Å²) in [5.41, 5.74) is 5.43. The van der Waals surface area contributed by atoms with Gasteiger partial charge >= 0.3 is 0 Å². The van der Waals surface area contributed by atoms with Crippen molar-refractivity contribution in [3.63, 3.8) is 0 Å². The number of aromatic nitrogens is 3. The molecule has 148 valence electrons. The molecule has 0 fully saturated rings. The van der Waals surface area contributed by atoms with E-state index in [1.807, 2.05) is 32.2 Å². The van der Waals surface area contributed by atoms with Crippen LogP contribution < -0.4 is 10.1 Å². The molecule has 7 heteroatoms. The first-order valence-electron chi connectivity index (χ1n) is 9.42. The van der Waals surface area contributed by atoms with Gasteiger partial charge in [-0.15, -0.1) is 11.8 Å². The normalized spacial score (nSPS) is 14.9. The zero-order valence-electron chi connectivity index (χ0n) is 16.6. The number of benzene rings is 1. The summed E-state index contributed by atoms with van der Waals surface area (Å²) in [4.78, 5) is 25.8. The number of nitrogens with one attached hydrogen (secondary N) is 1. The third kappa shape index (κ3) is 4.10. The van der Waals surface area contributed by atoms with Crippen molar-refractivity contribution in [3.8, 4) is 17.0 Å². The van der Waals surface area contributed by atoms with Gasteiger partial charge in [-0.3, -0.25) is 9.78 Å². The lowest BCUT2D eigenvalue weighted by Crippen LogP contribution is -2.34. The van der Waals surface area contributed by atoms with Crippen LogP contribution in [0.15, 0.2) is 47.8 Å². The Morgan fingerprint density at radius 2 is 2.14 bits per heavy atom. The van der Waals surface area contributed by atoms with Gasteiger partial charge in [-0.25, -0.2) is 9.97 Å². The maximum Gasteiger partial charge on any atom is 0.254 e. The maximum atomic E-state index is 12.5. The number of rotatable bonds is 5. The van der Waals surface area contributed by atoms with Gasteiger partial charge in [0, 0.05) is 24.4 Å². The predicted octanol–water partition coefficient (Wildman–Crippen LogP) is 3.61. The van der Waals surface area contributed by atoms with Crippen LogP contribution in [0.25, 0.3) is 11.3 Å². The molecule has 0 spiro atoms. The summed E-state index contributed by atoms with van der Waals surface area (Å²) in [6, 6.07) is 9.66. The highest BCUT2D eigenvalue weighted by molar-refractivity contribution is 7.98. The van der Waals surface area contributed by atoms with Crippen molar-refractivity contribution in [1.82, 2.24) is 20.3 Å². The van der Waals surface area contributed by atoms with Crippen molar-refractivity contribution in [3.05, 3.63) is 65.2 Å². The van der Waals surface area contributed by atoms with Crippen LogP contribution in [-0.4, -0.2) is 39.8 Å². The molecule has 1 N–H and O–H groups in total. The van der Waals surface area contributed by atoms with Crippen LogP contribution in [0, 0.1) is 13.8 Å². The van der Waals surface area contributed by atoms with Crippen molar-refractivity contribution in [2.24, 2.45) is 0 Å². The number of carbonyl (C=O) groups is 1. The fraction of sp³-hybridized carbons (Fsp3) is 0.273. The molecule has 0 bridgehead atoms. The van der Waals surface area contributed by atoms with Crippen LogP contribution in [0.2, 0.25) is 0 Å². The second-order valence-corrected chi connectivity index (χ2v) is 7.78. The molecule has 0 aliphatic carbocycles. The van der Waals surface area contributed by atoms with Gasteiger partial charge in [0.25, 0.3) is 5.91 Å². The molecule has 1 unspecified atom stereocenters. The Bertz CT molecular complexity index is 1070. The first kappa shape index (κ1) is 19.4. The SMILES string of the molecule is CSc1ncccc1C(=O)NCC1Cc2cc(-c3nc(C)cnc3C)ccc2O1. The van der Waals surface area contributed by atoms with Crippen LogP contribution >= 0.6 is 11.8 Å². The molecule has 1 aliphatic heterocycles. The number of aryl methyl sites for hydroxylation is 2. The number of pyridine rings is 1. The molecule has 1 amide bonds. The molecule has 29 heavy (non-hydrogen) atoms. The van der Waals surface area contributed by atoms with Gasteiger partial charge in [-0.2, -0.15) is 0 Å². The zero-order chi connectivity index (χ0) is 20.4. The average molecular weight is 407 g/mol. The first-order chi connectivity index (χ1) is 14.0. The van der Waals surface area contributed by atoms with E-state index in [0.717, 1.165) is 45.4 Å². The first-order valence-corrected chi connectivity index (χ1v) is 10.6. The minimum absolute atomic E-state index is 0.0942. The van der Waals surface area contributed by atoms with Crippen LogP contribution in [0.4, 0.5) is 0 Å². The molecule has 0 saturated carbocycles. The maximum absolute atomic E-state index is 12.5. The summed E-state index contributed by atoms with van der Waals surface area (Å²) in [5, 5.41) is 3.70. The Hall–Kier alpha value is -2.93. The Morgan fingerprint density at radius 3 is 2.97 bits per heavy atom. The second kappa shape index (κ2) is 8.21. The number of nitrogens with zero attached hydrogens (tertiary/aromatic N) is 3. The highest BCUT2D eigenvalue weighted by Gasteiger charge is 2.24. The van der Waals surface area contributed by atoms with E-state index in [1.165, 1.54) is 11.8 Å². The highest BCUT2D eigenvalue weighted by Crippen LogP contribution is 2.33. The number of hydrogen-bond acceptors (Lipinski definition) is 6. The number of fused-ring (bicyclic) bond motifs is 1. The Balaban J connectivity index is 1.44. The fourth-order valence-corrected chi connectivity index (χ4v) is 3.97. The Kier molecular flexibility index (Phi) is 5.49. The summed E-state index contributed by atoms with van der Waals surface area (Å²) < 4.78 is 6.02. The number of amides is 1. The topological polar surface area (TPSA) is 77.0 Å². The molecule has 1 aliphatic rings. The van der Waals surface area contributed by atoms with E-state index in [-0.39, 0.29) is 12.0 Å². The average Bonchev–Trinajstić information content (AvgIpc) is 3.15. The van der Waals surface area contributed by atoms with E-state index in [9.17, 15) is 4.79 Å². The van der Waals surface area contributed by atoms with E-state index in [0.29, 0.717) is 12.1 Å². The lowest BCUT2D eigenvalue weighted by atomic mass is 10.0. The lowest BCUT2D eigenvalue weighted by molar-refractivity contribution is 0.0930. The molecule has 6 nitrogen and oxygen atoms in total. The molecule has 4 rings (SSSR count). The smallest absolute Gasteiger partial charge is 0.254 e. The van der Waals surface area contributed by atoms with E-state index < -0.39 is 0 Å². The van der Waals surface area contributed by atoms with Crippen LogP contribution in [0.3, 0.4) is 0 Å². The van der Waals surface area contributed by atoms with Crippen molar-refractivity contribution >= 4 is 17.7 Å². The highest BCUT2D eigenvalue weighted by atomic mass is 32.2. The molecule has 2 aromatic heterocycles. The number of thioether (sulfide) groups is 1. The van der Waals surface area contributed by atoms with Gasteiger partial charge in [0.1, 0.15) is 16.9 Å². The van der Waals surface area contributed by atoms with Crippen LogP contribution in [0.5, 0.6) is 5.75 Å². The van der Waals surface area contributed by atoms with Crippen molar-refractivity contribution in [2.45, 2.75) is 31.4 Å². The Morgan fingerprint density at radius 1 is 1.28 bits per heavy atom. The summed E-state index contributed by atoms with van der Waals surface area (Å²) >= 11 is 1.46. The number of ether oxygens (including phenoxy) is 1. The molecule has 0 saturated heterocycles. The minimum Gasteiger partial charge on any atom is -0.488 e. The van der Waals surface area contributed by atoms with Gasteiger partial charge in [-0.05, 0) is 56.0 Å². The number of hydrogen-bond donors (Lipinski definition) is 1. The molecule has 1 aromatic carbocycles.